The Bertz CT molecular complexity index is 691. The highest BCUT2D eigenvalue weighted by Crippen LogP contribution is 2.38. The fourth-order valence-corrected chi connectivity index (χ4v) is 2.51. The lowest BCUT2D eigenvalue weighted by atomic mass is 9.96. The number of nitrogens with zero attached hydrogens (tertiary/aromatic N) is 2. The highest BCUT2D eigenvalue weighted by molar-refractivity contribution is 5.95. The number of likely N-dealkylation sites (tertiary alicyclic amines) is 1. The van der Waals surface area contributed by atoms with Gasteiger partial charge in [0.1, 0.15) is 0 Å². The van der Waals surface area contributed by atoms with Gasteiger partial charge in [-0.25, -0.2) is 4.98 Å². The zero-order chi connectivity index (χ0) is 19.7. The number of carboxylic acid groups (broad SMARTS) is 1. The Morgan fingerprint density at radius 1 is 1.23 bits per heavy atom. The lowest BCUT2D eigenvalue weighted by molar-refractivity contribution is -0.187. The second-order valence-electron chi connectivity index (χ2n) is 5.59. The van der Waals surface area contributed by atoms with Crippen molar-refractivity contribution in [1.82, 2.24) is 9.88 Å². The molecule has 0 aromatic carbocycles. The number of hydrogen-bond acceptors (Lipinski definition) is 4. The summed E-state index contributed by atoms with van der Waals surface area (Å²) in [6.45, 7) is -3.18. The third kappa shape index (κ3) is 4.76. The molecule has 0 bridgehead atoms. The molecular formula is C14H12F6N2O4. The van der Waals surface area contributed by atoms with E-state index >= 15 is 0 Å². The van der Waals surface area contributed by atoms with E-state index < -0.39 is 61.6 Å². The summed E-state index contributed by atoms with van der Waals surface area (Å²) in [4.78, 5) is 27.5. The average molecular weight is 386 g/mol. The summed E-state index contributed by atoms with van der Waals surface area (Å²) in [5.74, 6) is -7.23. The van der Waals surface area contributed by atoms with Crippen LogP contribution in [0.2, 0.25) is 0 Å². The molecule has 1 fully saturated rings. The number of rotatable bonds is 4. The van der Waals surface area contributed by atoms with Gasteiger partial charge in [-0.3, -0.25) is 9.59 Å². The normalized spacial score (nSPS) is 20.9. The van der Waals surface area contributed by atoms with Crippen molar-refractivity contribution < 1.29 is 45.8 Å². The molecule has 0 radical (unpaired) electrons. The molecule has 144 valence electrons. The van der Waals surface area contributed by atoms with Crippen LogP contribution in [-0.4, -0.2) is 58.9 Å². The van der Waals surface area contributed by atoms with E-state index in [9.17, 15) is 35.9 Å². The van der Waals surface area contributed by atoms with Crippen LogP contribution in [0, 0.1) is 11.8 Å². The summed E-state index contributed by atoms with van der Waals surface area (Å²) in [6, 6.07) is 1.93. The first-order valence-corrected chi connectivity index (χ1v) is 7.13. The molecule has 12 heteroatoms. The van der Waals surface area contributed by atoms with E-state index in [0.29, 0.717) is 4.90 Å². The van der Waals surface area contributed by atoms with Gasteiger partial charge in [-0.2, -0.15) is 26.3 Å². The Morgan fingerprint density at radius 2 is 1.88 bits per heavy atom. The molecule has 0 unspecified atom stereocenters. The Hall–Kier alpha value is -2.53. The SMILES string of the molecule is O=C(O)[C@@H]1CN(C(=O)c2ccnc(OCC(F)(F)F)c2)C[C@H]1C(F)(F)F. The number of carboxylic acids is 1. The van der Waals surface area contributed by atoms with Gasteiger partial charge in [0.2, 0.25) is 5.88 Å². The molecule has 1 saturated heterocycles. The molecule has 6 nitrogen and oxygen atoms in total. The van der Waals surface area contributed by atoms with E-state index in [1.807, 2.05) is 0 Å². The first kappa shape index (κ1) is 19.8. The molecule has 1 aliphatic heterocycles. The van der Waals surface area contributed by atoms with Gasteiger partial charge < -0.3 is 14.7 Å². The minimum atomic E-state index is -4.81. The molecule has 2 heterocycles. The summed E-state index contributed by atoms with van der Waals surface area (Å²) in [5, 5.41) is 8.93. The maximum absolute atomic E-state index is 12.9. The second kappa shape index (κ2) is 7.00. The van der Waals surface area contributed by atoms with Crippen LogP contribution in [0.25, 0.3) is 0 Å². The second-order valence-corrected chi connectivity index (χ2v) is 5.59. The van der Waals surface area contributed by atoms with Crippen molar-refractivity contribution in [2.75, 3.05) is 19.7 Å². The van der Waals surface area contributed by atoms with Crippen molar-refractivity contribution in [2.24, 2.45) is 11.8 Å². The predicted molar refractivity (Wildman–Crippen MR) is 72.4 cm³/mol. The van der Waals surface area contributed by atoms with Crippen molar-refractivity contribution in [3.63, 3.8) is 0 Å². The van der Waals surface area contributed by atoms with Crippen molar-refractivity contribution in [1.29, 1.82) is 0 Å². The zero-order valence-electron chi connectivity index (χ0n) is 12.8. The molecule has 1 N–H and O–H groups in total. The van der Waals surface area contributed by atoms with E-state index in [4.69, 9.17) is 5.11 Å². The standard InChI is InChI=1S/C14H12F6N2O4/c15-13(16,17)6-26-10-3-7(1-2-21-10)11(23)22-4-8(12(24)25)9(5-22)14(18,19)20/h1-3,8-9H,4-6H2,(H,24,25)/t8-,9-/m1/s1. The molecule has 1 aromatic heterocycles. The van der Waals surface area contributed by atoms with Gasteiger partial charge in [0.25, 0.3) is 5.91 Å². The molecule has 1 amide bonds. The van der Waals surface area contributed by atoms with Gasteiger partial charge in [-0.05, 0) is 6.07 Å². The average Bonchev–Trinajstić information content (AvgIpc) is 2.97. The van der Waals surface area contributed by atoms with Gasteiger partial charge in [0.15, 0.2) is 6.61 Å². The van der Waals surface area contributed by atoms with Gasteiger partial charge in [-0.1, -0.05) is 0 Å². The summed E-state index contributed by atoms with van der Waals surface area (Å²) in [6.07, 6.45) is -8.48. The van der Waals surface area contributed by atoms with Crippen LogP contribution >= 0.6 is 0 Å². The minimum absolute atomic E-state index is 0.260. The van der Waals surface area contributed by atoms with Crippen molar-refractivity contribution >= 4 is 11.9 Å². The number of aromatic nitrogens is 1. The van der Waals surface area contributed by atoms with Crippen LogP contribution in [0.5, 0.6) is 5.88 Å². The van der Waals surface area contributed by atoms with Gasteiger partial charge in [-0.15, -0.1) is 0 Å². The van der Waals surface area contributed by atoms with Crippen molar-refractivity contribution in [2.45, 2.75) is 12.4 Å². The third-order valence-electron chi connectivity index (χ3n) is 3.71. The number of alkyl halides is 6. The predicted octanol–water partition coefficient (Wildman–Crippen LogP) is 2.36. The number of pyridine rings is 1. The van der Waals surface area contributed by atoms with Crippen LogP contribution in [0.3, 0.4) is 0 Å². The summed E-state index contributed by atoms with van der Waals surface area (Å²) in [5.41, 5.74) is -0.260. The lowest BCUT2D eigenvalue weighted by Gasteiger charge is -2.18. The van der Waals surface area contributed by atoms with Crippen LogP contribution < -0.4 is 4.74 Å². The van der Waals surface area contributed by atoms with Crippen LogP contribution in [0.4, 0.5) is 26.3 Å². The van der Waals surface area contributed by atoms with Crippen LogP contribution in [-0.2, 0) is 4.79 Å². The fraction of sp³-hybridized carbons (Fsp3) is 0.500. The monoisotopic (exact) mass is 386 g/mol. The Labute approximate surface area is 142 Å². The smallest absolute Gasteiger partial charge is 0.422 e. The van der Waals surface area contributed by atoms with Crippen LogP contribution in [0.1, 0.15) is 10.4 Å². The van der Waals surface area contributed by atoms with Crippen molar-refractivity contribution in [3.05, 3.63) is 23.9 Å². The molecular weight excluding hydrogens is 374 g/mol. The number of ether oxygens (including phenoxy) is 1. The molecule has 2 rings (SSSR count). The van der Waals surface area contributed by atoms with E-state index in [-0.39, 0.29) is 5.56 Å². The highest BCUT2D eigenvalue weighted by atomic mass is 19.4. The number of hydrogen-bond donors (Lipinski definition) is 1. The highest BCUT2D eigenvalue weighted by Gasteiger charge is 2.53. The largest absolute Gasteiger partial charge is 0.481 e. The zero-order valence-corrected chi connectivity index (χ0v) is 12.8. The molecule has 26 heavy (non-hydrogen) atoms. The van der Waals surface area contributed by atoms with Crippen LogP contribution in [0.15, 0.2) is 18.3 Å². The first-order valence-electron chi connectivity index (χ1n) is 7.13. The number of halogens is 6. The number of amides is 1. The van der Waals surface area contributed by atoms with E-state index in [1.54, 1.807) is 0 Å². The van der Waals surface area contributed by atoms with Gasteiger partial charge >= 0.3 is 18.3 Å². The molecule has 0 spiro atoms. The Kier molecular flexibility index (Phi) is 5.33. The molecule has 1 aliphatic rings. The van der Waals surface area contributed by atoms with Gasteiger partial charge in [0.05, 0.1) is 11.8 Å². The topological polar surface area (TPSA) is 79.7 Å². The number of carbonyl (C=O) groups is 2. The summed E-state index contributed by atoms with van der Waals surface area (Å²) < 4.78 is 79.6. The van der Waals surface area contributed by atoms with E-state index in [1.165, 1.54) is 0 Å². The summed E-state index contributed by atoms with van der Waals surface area (Å²) >= 11 is 0. The molecule has 1 aromatic rings. The third-order valence-corrected chi connectivity index (χ3v) is 3.71. The quantitative estimate of drug-likeness (QED) is 0.804. The lowest BCUT2D eigenvalue weighted by Crippen LogP contribution is -2.34. The summed E-state index contributed by atoms with van der Waals surface area (Å²) in [7, 11) is 0. The first-order chi connectivity index (χ1) is 11.9. The molecule has 0 aliphatic carbocycles. The fourth-order valence-electron chi connectivity index (χ4n) is 2.51. The van der Waals surface area contributed by atoms with Crippen molar-refractivity contribution in [3.8, 4) is 5.88 Å². The Morgan fingerprint density at radius 3 is 2.38 bits per heavy atom. The minimum Gasteiger partial charge on any atom is -0.481 e. The maximum Gasteiger partial charge on any atom is 0.422 e. The number of aliphatic carboxylic acids is 1. The Balaban J connectivity index is 2.15. The van der Waals surface area contributed by atoms with E-state index in [2.05, 4.69) is 9.72 Å². The van der Waals surface area contributed by atoms with E-state index in [0.717, 1.165) is 18.3 Å². The number of carbonyl (C=O) groups excluding carboxylic acids is 1. The molecule has 0 saturated carbocycles. The molecule has 2 atom stereocenters. The maximum atomic E-state index is 12.9. The van der Waals surface area contributed by atoms with Gasteiger partial charge in [0, 0.05) is 30.9 Å².